The molecule has 4 rings (SSSR count). The minimum absolute atomic E-state index is 0.0219. The minimum atomic E-state index is -1.09. The van der Waals surface area contributed by atoms with Crippen LogP contribution in [0.25, 0.3) is 0 Å². The number of hydrogen-bond donors (Lipinski definition) is 2. The highest BCUT2D eigenvalue weighted by atomic mass is 16.2. The number of para-hydroxylation sites is 1. The van der Waals surface area contributed by atoms with Crippen LogP contribution in [0.2, 0.25) is 0 Å². The molecule has 0 aliphatic carbocycles. The number of fused-ring (bicyclic) bond motifs is 2. The number of imide groups is 1. The molecule has 1 spiro atoms. The SMILES string of the molecule is Cc1ccccc1CC(=O)N1CCC2(NC(=O)NC2=O)c2ccccc21. The fourth-order valence-electron chi connectivity index (χ4n) is 3.79. The van der Waals surface area contributed by atoms with Crippen LogP contribution in [0.5, 0.6) is 0 Å². The molecule has 2 heterocycles. The molecular weight excluding hydrogens is 330 g/mol. The Labute approximate surface area is 151 Å². The van der Waals surface area contributed by atoms with Crippen LogP contribution in [0, 0.1) is 6.92 Å². The topological polar surface area (TPSA) is 78.5 Å². The molecule has 2 N–H and O–H groups in total. The predicted molar refractivity (Wildman–Crippen MR) is 96.6 cm³/mol. The number of carbonyl (C=O) groups excluding carboxylic acids is 3. The second kappa shape index (κ2) is 5.98. The average molecular weight is 349 g/mol. The van der Waals surface area contributed by atoms with Crippen LogP contribution in [0.1, 0.15) is 23.1 Å². The van der Waals surface area contributed by atoms with Gasteiger partial charge in [-0.15, -0.1) is 0 Å². The summed E-state index contributed by atoms with van der Waals surface area (Å²) in [5, 5.41) is 5.07. The van der Waals surface area contributed by atoms with E-state index in [9.17, 15) is 14.4 Å². The van der Waals surface area contributed by atoms with E-state index in [0.29, 0.717) is 30.6 Å². The number of amides is 4. The molecule has 1 atom stereocenters. The van der Waals surface area contributed by atoms with Crippen LogP contribution in [-0.4, -0.2) is 24.4 Å². The summed E-state index contributed by atoms with van der Waals surface area (Å²) in [7, 11) is 0. The van der Waals surface area contributed by atoms with E-state index >= 15 is 0 Å². The summed E-state index contributed by atoms with van der Waals surface area (Å²) >= 11 is 0. The van der Waals surface area contributed by atoms with Gasteiger partial charge in [-0.2, -0.15) is 0 Å². The number of hydrogen-bond acceptors (Lipinski definition) is 3. The van der Waals surface area contributed by atoms with E-state index in [1.165, 1.54) is 0 Å². The first-order valence-corrected chi connectivity index (χ1v) is 8.59. The van der Waals surface area contributed by atoms with E-state index in [1.807, 2.05) is 49.4 Å². The fraction of sp³-hybridized carbons (Fsp3) is 0.250. The van der Waals surface area contributed by atoms with Gasteiger partial charge in [0.15, 0.2) is 0 Å². The normalized spacial score (nSPS) is 21.3. The molecular formula is C20H19N3O3. The molecule has 1 saturated heterocycles. The highest BCUT2D eigenvalue weighted by Gasteiger charge is 2.51. The first kappa shape index (κ1) is 16.3. The molecule has 6 nitrogen and oxygen atoms in total. The first-order chi connectivity index (χ1) is 12.5. The summed E-state index contributed by atoms with van der Waals surface area (Å²) in [6, 6.07) is 14.6. The number of nitrogens with zero attached hydrogens (tertiary/aromatic N) is 1. The van der Waals surface area contributed by atoms with Crippen LogP contribution < -0.4 is 15.5 Å². The van der Waals surface area contributed by atoms with E-state index < -0.39 is 11.6 Å². The lowest BCUT2D eigenvalue weighted by Gasteiger charge is -2.39. The Morgan fingerprint density at radius 3 is 2.58 bits per heavy atom. The Hall–Kier alpha value is -3.15. The van der Waals surface area contributed by atoms with Crippen molar-refractivity contribution in [2.75, 3.05) is 11.4 Å². The summed E-state index contributed by atoms with van der Waals surface area (Å²) < 4.78 is 0. The van der Waals surface area contributed by atoms with E-state index in [-0.39, 0.29) is 11.8 Å². The number of carbonyl (C=O) groups is 3. The van der Waals surface area contributed by atoms with Crippen LogP contribution in [0.3, 0.4) is 0 Å². The van der Waals surface area contributed by atoms with Gasteiger partial charge in [-0.25, -0.2) is 4.79 Å². The third-order valence-corrected chi connectivity index (χ3v) is 5.21. The number of nitrogens with one attached hydrogen (secondary N) is 2. The third kappa shape index (κ3) is 2.45. The number of anilines is 1. The quantitative estimate of drug-likeness (QED) is 0.814. The number of aryl methyl sites for hydroxylation is 1. The smallest absolute Gasteiger partial charge is 0.319 e. The van der Waals surface area contributed by atoms with Gasteiger partial charge in [0.25, 0.3) is 5.91 Å². The summed E-state index contributed by atoms with van der Waals surface area (Å²) in [4.78, 5) is 38.8. The molecule has 2 aromatic rings. The Morgan fingerprint density at radius 1 is 1.12 bits per heavy atom. The Kier molecular flexibility index (Phi) is 3.76. The molecule has 6 heteroatoms. The Balaban J connectivity index is 1.69. The molecule has 0 saturated carbocycles. The Bertz CT molecular complexity index is 924. The molecule has 2 aromatic carbocycles. The summed E-state index contributed by atoms with van der Waals surface area (Å²) in [6.07, 6.45) is 0.646. The summed E-state index contributed by atoms with van der Waals surface area (Å²) in [6.45, 7) is 2.36. The van der Waals surface area contributed by atoms with Gasteiger partial charge in [-0.3, -0.25) is 14.9 Å². The first-order valence-electron chi connectivity index (χ1n) is 8.59. The second-order valence-corrected chi connectivity index (χ2v) is 6.73. The molecule has 0 aromatic heterocycles. The van der Waals surface area contributed by atoms with Crippen LogP contribution in [-0.2, 0) is 21.5 Å². The molecule has 4 amide bonds. The zero-order chi connectivity index (χ0) is 18.3. The molecule has 2 aliphatic heterocycles. The van der Waals surface area contributed by atoms with E-state index in [1.54, 1.807) is 11.0 Å². The number of benzene rings is 2. The standard InChI is InChI=1S/C20H19N3O3/c1-13-6-2-3-7-14(13)12-17(24)23-11-10-20(18(25)21-19(26)22-20)15-8-4-5-9-16(15)23/h2-9H,10-12H2,1H3,(H2,21,22,25,26). The van der Waals surface area contributed by atoms with Crippen molar-refractivity contribution >= 4 is 23.5 Å². The van der Waals surface area contributed by atoms with Gasteiger partial charge in [-0.1, -0.05) is 42.5 Å². The lowest BCUT2D eigenvalue weighted by Crippen LogP contribution is -2.52. The van der Waals surface area contributed by atoms with Crippen molar-refractivity contribution in [3.05, 3.63) is 65.2 Å². The molecule has 1 fully saturated rings. The maximum Gasteiger partial charge on any atom is 0.322 e. The monoisotopic (exact) mass is 349 g/mol. The van der Waals surface area contributed by atoms with Gasteiger partial charge in [0.1, 0.15) is 5.54 Å². The zero-order valence-electron chi connectivity index (χ0n) is 14.4. The Morgan fingerprint density at radius 2 is 1.85 bits per heavy atom. The molecule has 26 heavy (non-hydrogen) atoms. The number of urea groups is 1. The van der Waals surface area contributed by atoms with Crippen molar-refractivity contribution in [3.8, 4) is 0 Å². The van der Waals surface area contributed by atoms with Gasteiger partial charge in [0.2, 0.25) is 5.91 Å². The molecule has 1 unspecified atom stereocenters. The highest BCUT2D eigenvalue weighted by molar-refractivity contribution is 6.09. The molecule has 0 radical (unpaired) electrons. The van der Waals surface area contributed by atoms with Crippen molar-refractivity contribution < 1.29 is 14.4 Å². The average Bonchev–Trinajstić information content (AvgIpc) is 2.91. The third-order valence-electron chi connectivity index (χ3n) is 5.21. The van der Waals surface area contributed by atoms with Crippen LogP contribution >= 0.6 is 0 Å². The van der Waals surface area contributed by atoms with Crippen LogP contribution in [0.4, 0.5) is 10.5 Å². The van der Waals surface area contributed by atoms with Crippen molar-refractivity contribution in [1.82, 2.24) is 10.6 Å². The highest BCUT2D eigenvalue weighted by Crippen LogP contribution is 2.40. The molecule has 0 bridgehead atoms. The largest absolute Gasteiger partial charge is 0.322 e. The summed E-state index contributed by atoms with van der Waals surface area (Å²) in [5.41, 5.74) is 2.31. The summed E-state index contributed by atoms with van der Waals surface area (Å²) in [5.74, 6) is -0.382. The van der Waals surface area contributed by atoms with Gasteiger partial charge in [-0.05, 0) is 24.1 Å². The van der Waals surface area contributed by atoms with Crippen molar-refractivity contribution in [3.63, 3.8) is 0 Å². The van der Waals surface area contributed by atoms with Crippen molar-refractivity contribution in [1.29, 1.82) is 0 Å². The number of rotatable bonds is 2. The predicted octanol–water partition coefficient (Wildman–Crippen LogP) is 2.01. The van der Waals surface area contributed by atoms with Gasteiger partial charge >= 0.3 is 6.03 Å². The van der Waals surface area contributed by atoms with Gasteiger partial charge < -0.3 is 10.2 Å². The maximum atomic E-state index is 13.0. The molecule has 132 valence electrons. The second-order valence-electron chi connectivity index (χ2n) is 6.73. The molecule has 2 aliphatic rings. The fourth-order valence-corrected chi connectivity index (χ4v) is 3.79. The van der Waals surface area contributed by atoms with Crippen LogP contribution in [0.15, 0.2) is 48.5 Å². The van der Waals surface area contributed by atoms with E-state index in [0.717, 1.165) is 11.1 Å². The zero-order valence-corrected chi connectivity index (χ0v) is 14.4. The van der Waals surface area contributed by atoms with E-state index in [4.69, 9.17) is 0 Å². The lowest BCUT2D eigenvalue weighted by molar-refractivity contribution is -0.125. The minimum Gasteiger partial charge on any atom is -0.319 e. The lowest BCUT2D eigenvalue weighted by atomic mass is 9.82. The van der Waals surface area contributed by atoms with Gasteiger partial charge in [0.05, 0.1) is 6.42 Å². The van der Waals surface area contributed by atoms with Crippen molar-refractivity contribution in [2.45, 2.75) is 25.3 Å². The van der Waals surface area contributed by atoms with Gasteiger partial charge in [0, 0.05) is 24.2 Å². The maximum absolute atomic E-state index is 13.0. The van der Waals surface area contributed by atoms with Crippen molar-refractivity contribution in [2.24, 2.45) is 0 Å². The van der Waals surface area contributed by atoms with E-state index in [2.05, 4.69) is 10.6 Å².